The van der Waals surface area contributed by atoms with Crippen LogP contribution in [-0.2, 0) is 39.1 Å². The normalized spacial score (nSPS) is 17.4. The molecule has 14 nitrogen and oxygen atoms in total. The maximum atomic E-state index is 11.8. The molecular weight excluding hydrogens is 854 g/mol. The Hall–Kier alpha value is -4.59. The van der Waals surface area contributed by atoms with E-state index < -0.39 is 24.3 Å². The number of nitrogens with one attached hydrogen (secondary N) is 2. The van der Waals surface area contributed by atoms with Gasteiger partial charge in [-0.25, -0.2) is 19.6 Å². The van der Waals surface area contributed by atoms with Gasteiger partial charge in [-0.3, -0.25) is 0 Å². The van der Waals surface area contributed by atoms with Crippen molar-refractivity contribution < 1.29 is 37.8 Å². The average molecular weight is 909 g/mol. The monoisotopic (exact) mass is 908 g/mol. The van der Waals surface area contributed by atoms with Crippen LogP contribution >= 0.6 is 22.6 Å². The van der Waals surface area contributed by atoms with Gasteiger partial charge in [-0.05, 0) is 113 Å². The first-order valence-corrected chi connectivity index (χ1v) is 19.0. The number of benzene rings is 2. The van der Waals surface area contributed by atoms with E-state index in [4.69, 9.17) is 33.5 Å². The van der Waals surface area contributed by atoms with Crippen LogP contribution in [-0.4, -0.2) is 90.8 Å². The third kappa shape index (κ3) is 9.64. The number of carbonyl (C=O) groups excluding carboxylic acids is 2. The SMILES string of the molecule is C.C.CC1(c2nc(C#N)c(I)[nH]2)COC1.COC(=O)c1ccc(C)c(-c2[nH]c(C3(C)COC3)nc2C#N)c1.COC(=O)c1ccc(C)c(B2OC(C)(C)C(C)(C)O2)c1. The third-order valence-electron chi connectivity index (χ3n) is 10.5. The molecule has 3 saturated heterocycles. The van der Waals surface area contributed by atoms with Gasteiger partial charge in [-0.15, -0.1) is 0 Å². The van der Waals surface area contributed by atoms with E-state index in [9.17, 15) is 14.9 Å². The molecule has 3 aliphatic rings. The van der Waals surface area contributed by atoms with E-state index in [1.807, 2.05) is 66.7 Å². The van der Waals surface area contributed by atoms with E-state index in [-0.39, 0.29) is 31.7 Å². The summed E-state index contributed by atoms with van der Waals surface area (Å²) in [5.74, 6) is 0.824. The molecule has 0 spiro atoms. The van der Waals surface area contributed by atoms with Gasteiger partial charge < -0.3 is 38.2 Å². The highest BCUT2D eigenvalue weighted by Gasteiger charge is 2.52. The predicted molar refractivity (Wildman–Crippen MR) is 229 cm³/mol. The third-order valence-corrected chi connectivity index (χ3v) is 11.3. The summed E-state index contributed by atoms with van der Waals surface area (Å²) in [6.07, 6.45) is 0. The van der Waals surface area contributed by atoms with Crippen molar-refractivity contribution in [1.82, 2.24) is 19.9 Å². The maximum absolute atomic E-state index is 11.8. The number of imidazole rings is 2. The lowest BCUT2D eigenvalue weighted by molar-refractivity contribution is -0.0540. The van der Waals surface area contributed by atoms with E-state index in [0.717, 1.165) is 37.5 Å². The van der Waals surface area contributed by atoms with Crippen molar-refractivity contribution in [2.45, 2.75) is 92.3 Å². The number of nitriles is 2. The minimum atomic E-state index is -0.468. The summed E-state index contributed by atoms with van der Waals surface area (Å²) < 4.78 is 32.8. The van der Waals surface area contributed by atoms with E-state index in [1.54, 1.807) is 24.3 Å². The Kier molecular flexibility index (Phi) is 15.3. The standard InChI is InChI=1S/C17H17N3O3.C15H21BO4.C8H8IN3O.2CH4/c1-10-4-5-11(15(21)22-3)6-12(10)14-13(7-18)19-16(20-14)17(2)8-23-9-17;1-10-7-8-11(13(17)18-6)9-12(10)16-19-14(2,3)15(4,5)20-16;1-8(3-13-4-8)7-11-5(2-10)6(9)12-7;;/h4-6H,8-9H2,1-3H3,(H,19,20);7-9H,1-6H3;3-4H2,1H3,(H,11,12);2*1H4. The molecule has 0 aliphatic carbocycles. The summed E-state index contributed by atoms with van der Waals surface area (Å²) in [6, 6.07) is 14.8. The molecule has 3 fully saturated rings. The predicted octanol–water partition coefficient (Wildman–Crippen LogP) is 6.86. The molecule has 5 heterocycles. The Balaban J connectivity index is 0.000000237. The lowest BCUT2D eigenvalue weighted by atomic mass is 9.75. The molecule has 4 aromatic rings. The highest BCUT2D eigenvalue weighted by atomic mass is 127. The number of esters is 2. The van der Waals surface area contributed by atoms with E-state index in [1.165, 1.54) is 14.2 Å². The number of ether oxygens (including phenoxy) is 4. The van der Waals surface area contributed by atoms with Crippen molar-refractivity contribution in [2.75, 3.05) is 40.6 Å². The van der Waals surface area contributed by atoms with Crippen LogP contribution in [0.25, 0.3) is 11.3 Å². The van der Waals surface area contributed by atoms with Gasteiger partial charge in [-0.2, -0.15) is 10.5 Å². The van der Waals surface area contributed by atoms with E-state index in [2.05, 4.69) is 55.5 Å². The highest BCUT2D eigenvalue weighted by Crippen LogP contribution is 2.37. The maximum Gasteiger partial charge on any atom is 0.495 e. The first kappa shape index (κ1) is 47.8. The van der Waals surface area contributed by atoms with Crippen LogP contribution in [0.4, 0.5) is 0 Å². The fourth-order valence-corrected chi connectivity index (χ4v) is 6.48. The zero-order chi connectivity index (χ0) is 41.2. The van der Waals surface area contributed by atoms with Gasteiger partial charge in [0.2, 0.25) is 0 Å². The van der Waals surface area contributed by atoms with Crippen molar-refractivity contribution >= 4 is 47.1 Å². The largest absolute Gasteiger partial charge is 0.495 e. The number of H-pyrrole nitrogens is 2. The van der Waals surface area contributed by atoms with Crippen molar-refractivity contribution in [3.05, 3.63) is 85.4 Å². The van der Waals surface area contributed by atoms with E-state index in [0.29, 0.717) is 54.6 Å². The first-order valence-electron chi connectivity index (χ1n) is 17.9. The molecule has 0 atom stereocenters. The molecule has 0 amide bonds. The average Bonchev–Trinajstić information content (AvgIpc) is 3.82. The fourth-order valence-electron chi connectivity index (χ4n) is 5.98. The van der Waals surface area contributed by atoms with Gasteiger partial charge in [0.1, 0.15) is 27.5 Å². The molecule has 0 bridgehead atoms. The number of aryl methyl sites for hydroxylation is 2. The summed E-state index contributed by atoms with van der Waals surface area (Å²) in [4.78, 5) is 38.4. The quantitative estimate of drug-likeness (QED) is 0.116. The molecule has 2 aromatic heterocycles. The molecule has 0 radical (unpaired) electrons. The summed E-state index contributed by atoms with van der Waals surface area (Å²) in [5.41, 5.74) is 4.95. The zero-order valence-corrected chi connectivity index (χ0v) is 35.5. The van der Waals surface area contributed by atoms with Gasteiger partial charge in [0.15, 0.2) is 11.4 Å². The van der Waals surface area contributed by atoms with Gasteiger partial charge >= 0.3 is 19.1 Å². The molecular formula is C42H54BIN6O8. The number of hydrogen-bond acceptors (Lipinski definition) is 12. The Morgan fingerprint density at radius 3 is 1.62 bits per heavy atom. The Morgan fingerprint density at radius 2 is 1.19 bits per heavy atom. The molecule has 310 valence electrons. The second-order valence-corrected chi connectivity index (χ2v) is 16.6. The van der Waals surface area contributed by atoms with Crippen molar-refractivity contribution in [3.63, 3.8) is 0 Å². The van der Waals surface area contributed by atoms with Gasteiger partial charge in [-0.1, -0.05) is 32.5 Å². The summed E-state index contributed by atoms with van der Waals surface area (Å²) in [6.45, 7) is 18.6. The molecule has 0 unspecified atom stereocenters. The van der Waals surface area contributed by atoms with E-state index >= 15 is 0 Å². The molecule has 0 saturated carbocycles. The number of rotatable bonds is 6. The van der Waals surface area contributed by atoms with Crippen LogP contribution in [0, 0.1) is 40.2 Å². The fraction of sp³-hybridized carbons (Fsp3) is 0.476. The Morgan fingerprint density at radius 1 is 0.741 bits per heavy atom. The van der Waals surface area contributed by atoms with Gasteiger partial charge in [0, 0.05) is 5.56 Å². The number of methoxy groups -OCH3 is 2. The number of nitrogens with zero attached hydrogens (tertiary/aromatic N) is 4. The zero-order valence-electron chi connectivity index (χ0n) is 33.3. The molecule has 58 heavy (non-hydrogen) atoms. The second kappa shape index (κ2) is 18.6. The Labute approximate surface area is 355 Å². The van der Waals surface area contributed by atoms with Crippen LogP contribution in [0.5, 0.6) is 0 Å². The lowest BCUT2D eigenvalue weighted by Crippen LogP contribution is -2.44. The molecule has 2 aromatic carbocycles. The van der Waals surface area contributed by atoms with Crippen LogP contribution in [0.3, 0.4) is 0 Å². The number of halogens is 1. The topological polar surface area (TPSA) is 194 Å². The molecule has 16 heteroatoms. The first-order chi connectivity index (χ1) is 26.3. The summed E-state index contributed by atoms with van der Waals surface area (Å²) in [7, 11) is 2.25. The molecule has 7 rings (SSSR count). The van der Waals surface area contributed by atoms with Crippen LogP contribution in [0.2, 0.25) is 0 Å². The number of hydrogen-bond donors (Lipinski definition) is 2. The summed E-state index contributed by atoms with van der Waals surface area (Å²) in [5, 5.41) is 18.1. The highest BCUT2D eigenvalue weighted by molar-refractivity contribution is 14.1. The van der Waals surface area contributed by atoms with Gasteiger partial charge in [0.05, 0.1) is 79.5 Å². The minimum Gasteiger partial charge on any atom is -0.465 e. The number of carbonyl (C=O) groups is 2. The minimum absolute atomic E-state index is 0. The van der Waals surface area contributed by atoms with Crippen molar-refractivity contribution in [1.29, 1.82) is 10.5 Å². The smallest absolute Gasteiger partial charge is 0.465 e. The van der Waals surface area contributed by atoms with Gasteiger partial charge in [0.25, 0.3) is 0 Å². The van der Waals surface area contributed by atoms with Crippen molar-refractivity contribution in [3.8, 4) is 23.4 Å². The van der Waals surface area contributed by atoms with Crippen LogP contribution < -0.4 is 5.46 Å². The van der Waals surface area contributed by atoms with Crippen molar-refractivity contribution in [2.24, 2.45) is 0 Å². The molecule has 2 N–H and O–H groups in total. The summed E-state index contributed by atoms with van der Waals surface area (Å²) >= 11 is 2.08. The number of aromatic nitrogens is 4. The number of aromatic amines is 2. The second-order valence-electron chi connectivity index (χ2n) is 15.6. The van der Waals surface area contributed by atoms with Crippen LogP contribution in [0.15, 0.2) is 36.4 Å². The Bertz CT molecular complexity index is 2190. The molecule has 3 aliphatic heterocycles. The lowest BCUT2D eigenvalue weighted by Gasteiger charge is -2.36. The van der Waals surface area contributed by atoms with Crippen LogP contribution in [0.1, 0.15) is 111 Å².